The van der Waals surface area contributed by atoms with Crippen molar-refractivity contribution in [1.82, 2.24) is 5.32 Å². The summed E-state index contributed by atoms with van der Waals surface area (Å²) < 4.78 is 0. The van der Waals surface area contributed by atoms with Gasteiger partial charge in [-0.05, 0) is 48.4 Å². The van der Waals surface area contributed by atoms with Crippen LogP contribution in [0.4, 0.5) is 5.69 Å². The number of hydrogen-bond acceptors (Lipinski definition) is 3. The van der Waals surface area contributed by atoms with Gasteiger partial charge in [0.1, 0.15) is 11.6 Å². The van der Waals surface area contributed by atoms with Gasteiger partial charge in [-0.3, -0.25) is 9.59 Å². The van der Waals surface area contributed by atoms with Crippen molar-refractivity contribution >= 4 is 23.6 Å². The Labute approximate surface area is 140 Å². The van der Waals surface area contributed by atoms with Crippen molar-refractivity contribution in [2.45, 2.75) is 6.92 Å². The molecule has 0 atom stereocenters. The molecule has 0 heterocycles. The summed E-state index contributed by atoms with van der Waals surface area (Å²) in [5.74, 6) is -0.665. The van der Waals surface area contributed by atoms with E-state index in [2.05, 4.69) is 10.6 Å². The van der Waals surface area contributed by atoms with Crippen LogP contribution in [0.1, 0.15) is 21.5 Å². The summed E-state index contributed by atoms with van der Waals surface area (Å²) in [7, 11) is 1.56. The molecule has 0 aliphatic carbocycles. The minimum Gasteiger partial charge on any atom is -0.355 e. The molecule has 2 aromatic carbocycles. The molecular weight excluding hydrogens is 302 g/mol. The molecule has 0 aromatic heterocycles. The molecule has 0 radical (unpaired) electrons. The number of amides is 2. The van der Waals surface area contributed by atoms with Gasteiger partial charge in [-0.15, -0.1) is 0 Å². The zero-order valence-electron chi connectivity index (χ0n) is 13.5. The summed E-state index contributed by atoms with van der Waals surface area (Å²) in [6.07, 6.45) is 1.48. The van der Waals surface area contributed by atoms with E-state index in [0.29, 0.717) is 16.8 Å². The van der Waals surface area contributed by atoms with Gasteiger partial charge in [-0.25, -0.2) is 0 Å². The molecule has 0 unspecified atom stereocenters. The lowest BCUT2D eigenvalue weighted by Crippen LogP contribution is -2.17. The highest BCUT2D eigenvalue weighted by molar-refractivity contribution is 6.09. The van der Waals surface area contributed by atoms with Gasteiger partial charge in [-0.1, -0.05) is 24.3 Å². The fourth-order valence-electron chi connectivity index (χ4n) is 2.11. The van der Waals surface area contributed by atoms with Crippen LogP contribution in [0.15, 0.2) is 54.1 Å². The Morgan fingerprint density at radius 2 is 1.83 bits per heavy atom. The lowest BCUT2D eigenvalue weighted by molar-refractivity contribution is -0.112. The van der Waals surface area contributed by atoms with Gasteiger partial charge >= 0.3 is 0 Å². The van der Waals surface area contributed by atoms with Crippen molar-refractivity contribution < 1.29 is 9.59 Å². The summed E-state index contributed by atoms with van der Waals surface area (Å²) in [6.45, 7) is 1.92. The molecule has 24 heavy (non-hydrogen) atoms. The van der Waals surface area contributed by atoms with E-state index in [1.165, 1.54) is 6.08 Å². The first-order valence-electron chi connectivity index (χ1n) is 7.35. The Bertz CT molecular complexity index is 830. The molecule has 120 valence electrons. The number of nitrogens with zero attached hydrogens (tertiary/aromatic N) is 1. The molecular formula is C19H17N3O2. The number of hydrogen-bond donors (Lipinski definition) is 2. The normalized spacial score (nSPS) is 10.6. The molecule has 0 saturated heterocycles. The fourth-order valence-corrected chi connectivity index (χ4v) is 2.11. The molecule has 0 fully saturated rings. The van der Waals surface area contributed by atoms with Crippen LogP contribution >= 0.6 is 0 Å². The standard InChI is InChI=1S/C19H17N3O2/c1-13-4-3-5-17(10-13)22-19(24)16(12-20)11-14-6-8-15(9-7-14)18(23)21-2/h3-11H,1-2H3,(H,21,23)(H,22,24). The molecule has 0 aliphatic rings. The molecule has 0 bridgehead atoms. The van der Waals surface area contributed by atoms with Crippen molar-refractivity contribution in [3.8, 4) is 6.07 Å². The summed E-state index contributed by atoms with van der Waals surface area (Å²) >= 11 is 0. The Balaban J connectivity index is 2.18. The highest BCUT2D eigenvalue weighted by atomic mass is 16.2. The van der Waals surface area contributed by atoms with Crippen LogP contribution in [0.5, 0.6) is 0 Å². The van der Waals surface area contributed by atoms with E-state index in [1.807, 2.05) is 31.2 Å². The predicted molar refractivity (Wildman–Crippen MR) is 93.2 cm³/mol. The first-order valence-corrected chi connectivity index (χ1v) is 7.35. The van der Waals surface area contributed by atoms with E-state index in [0.717, 1.165) is 5.56 Å². The van der Waals surface area contributed by atoms with Crippen molar-refractivity contribution in [3.05, 3.63) is 70.8 Å². The van der Waals surface area contributed by atoms with Crippen LogP contribution in [0.2, 0.25) is 0 Å². The van der Waals surface area contributed by atoms with Gasteiger partial charge in [0.15, 0.2) is 0 Å². The molecule has 2 N–H and O–H groups in total. The smallest absolute Gasteiger partial charge is 0.266 e. The SMILES string of the molecule is CNC(=O)c1ccc(C=C(C#N)C(=O)Nc2cccc(C)c2)cc1. The maximum absolute atomic E-state index is 12.2. The second kappa shape index (κ2) is 7.75. The largest absolute Gasteiger partial charge is 0.355 e. The minimum absolute atomic E-state index is 0.0100. The van der Waals surface area contributed by atoms with Gasteiger partial charge in [0.25, 0.3) is 11.8 Å². The highest BCUT2D eigenvalue weighted by Crippen LogP contribution is 2.13. The third kappa shape index (κ3) is 4.31. The Morgan fingerprint density at radius 1 is 1.12 bits per heavy atom. The average Bonchev–Trinajstić information content (AvgIpc) is 2.59. The molecule has 0 spiro atoms. The quantitative estimate of drug-likeness (QED) is 0.671. The third-order valence-corrected chi connectivity index (χ3v) is 3.35. The number of carbonyl (C=O) groups is 2. The molecule has 5 nitrogen and oxygen atoms in total. The number of nitrogens with one attached hydrogen (secondary N) is 2. The predicted octanol–water partition coefficient (Wildman–Crippen LogP) is 2.90. The van der Waals surface area contributed by atoms with Gasteiger partial charge in [-0.2, -0.15) is 5.26 Å². The zero-order chi connectivity index (χ0) is 17.5. The maximum Gasteiger partial charge on any atom is 0.266 e. The number of benzene rings is 2. The molecule has 0 aliphatic heterocycles. The summed E-state index contributed by atoms with van der Waals surface area (Å²) in [6, 6.07) is 15.9. The zero-order valence-corrected chi connectivity index (χ0v) is 13.5. The Kier molecular flexibility index (Phi) is 5.48. The topological polar surface area (TPSA) is 82.0 Å². The molecule has 5 heteroatoms. The summed E-state index contributed by atoms with van der Waals surface area (Å²) in [5.41, 5.74) is 2.82. The maximum atomic E-state index is 12.2. The van der Waals surface area contributed by atoms with E-state index < -0.39 is 5.91 Å². The van der Waals surface area contributed by atoms with Crippen LogP contribution in [0.25, 0.3) is 6.08 Å². The van der Waals surface area contributed by atoms with Crippen molar-refractivity contribution in [2.24, 2.45) is 0 Å². The average molecular weight is 319 g/mol. The third-order valence-electron chi connectivity index (χ3n) is 3.35. The van der Waals surface area contributed by atoms with E-state index in [1.54, 1.807) is 37.4 Å². The van der Waals surface area contributed by atoms with Crippen LogP contribution in [0.3, 0.4) is 0 Å². The van der Waals surface area contributed by atoms with Crippen LogP contribution in [-0.2, 0) is 4.79 Å². The summed E-state index contributed by atoms with van der Waals surface area (Å²) in [4.78, 5) is 23.7. The van der Waals surface area contributed by atoms with E-state index >= 15 is 0 Å². The molecule has 2 aromatic rings. The van der Waals surface area contributed by atoms with E-state index in [4.69, 9.17) is 0 Å². The number of anilines is 1. The van der Waals surface area contributed by atoms with Crippen LogP contribution in [-0.4, -0.2) is 18.9 Å². The molecule has 0 saturated carbocycles. The van der Waals surface area contributed by atoms with Gasteiger partial charge < -0.3 is 10.6 Å². The van der Waals surface area contributed by atoms with Gasteiger partial charge in [0.05, 0.1) is 0 Å². The lowest BCUT2D eigenvalue weighted by Gasteiger charge is -2.05. The second-order valence-corrected chi connectivity index (χ2v) is 5.19. The van der Waals surface area contributed by atoms with Crippen molar-refractivity contribution in [1.29, 1.82) is 5.26 Å². The van der Waals surface area contributed by atoms with Crippen molar-refractivity contribution in [3.63, 3.8) is 0 Å². The molecule has 2 amide bonds. The monoisotopic (exact) mass is 319 g/mol. The number of aryl methyl sites for hydroxylation is 1. The Morgan fingerprint density at radius 3 is 2.42 bits per heavy atom. The number of nitriles is 1. The van der Waals surface area contributed by atoms with Crippen molar-refractivity contribution in [2.75, 3.05) is 12.4 Å². The van der Waals surface area contributed by atoms with Gasteiger partial charge in [0, 0.05) is 18.3 Å². The number of rotatable bonds is 4. The first kappa shape index (κ1) is 17.0. The van der Waals surface area contributed by atoms with Crippen LogP contribution < -0.4 is 10.6 Å². The Hall–Kier alpha value is -3.39. The lowest BCUT2D eigenvalue weighted by atomic mass is 10.1. The molecule has 2 rings (SSSR count). The number of carbonyl (C=O) groups excluding carboxylic acids is 2. The fraction of sp³-hybridized carbons (Fsp3) is 0.105. The highest BCUT2D eigenvalue weighted by Gasteiger charge is 2.10. The van der Waals surface area contributed by atoms with Crippen LogP contribution in [0, 0.1) is 18.3 Å². The minimum atomic E-state index is -0.474. The van der Waals surface area contributed by atoms with E-state index in [9.17, 15) is 14.9 Å². The van der Waals surface area contributed by atoms with Gasteiger partial charge in [0.2, 0.25) is 0 Å². The van der Waals surface area contributed by atoms with E-state index in [-0.39, 0.29) is 11.5 Å². The summed E-state index contributed by atoms with van der Waals surface area (Å²) in [5, 5.41) is 14.5. The second-order valence-electron chi connectivity index (χ2n) is 5.19. The first-order chi connectivity index (χ1) is 11.5.